The van der Waals surface area contributed by atoms with Crippen LogP contribution in [-0.2, 0) is 21.2 Å². The van der Waals surface area contributed by atoms with Gasteiger partial charge in [-0.05, 0) is 42.5 Å². The van der Waals surface area contributed by atoms with Crippen LogP contribution in [0.4, 0.5) is 5.69 Å². The Hall–Kier alpha value is -2.56. The van der Waals surface area contributed by atoms with E-state index in [1.807, 2.05) is 31.2 Å². The first-order chi connectivity index (χ1) is 15.8. The van der Waals surface area contributed by atoms with Crippen molar-refractivity contribution < 1.29 is 17.7 Å². The zero-order chi connectivity index (χ0) is 23.6. The number of carbonyl (C=O) groups is 1. The summed E-state index contributed by atoms with van der Waals surface area (Å²) in [5.74, 6) is 1.05. The molecule has 10 heteroatoms. The Kier molecular flexibility index (Phi) is 6.96. The number of benzene rings is 1. The molecule has 0 spiro atoms. The van der Waals surface area contributed by atoms with Crippen LogP contribution in [-0.4, -0.2) is 41.9 Å². The maximum Gasteiger partial charge on any atom is 0.252 e. The van der Waals surface area contributed by atoms with Gasteiger partial charge in [0.05, 0.1) is 0 Å². The molecule has 1 N–H and O–H groups in total. The molecular weight excluding hydrogens is 460 g/mol. The summed E-state index contributed by atoms with van der Waals surface area (Å²) in [4.78, 5) is 17.0. The number of aromatic nitrogens is 2. The number of nitrogens with one attached hydrogen (secondary N) is 1. The van der Waals surface area contributed by atoms with Crippen molar-refractivity contribution in [3.05, 3.63) is 47.2 Å². The van der Waals surface area contributed by atoms with Gasteiger partial charge in [0.25, 0.3) is 10.0 Å². The molecule has 3 heterocycles. The molecule has 1 fully saturated rings. The molecule has 1 aliphatic heterocycles. The van der Waals surface area contributed by atoms with E-state index in [9.17, 15) is 13.2 Å². The van der Waals surface area contributed by atoms with E-state index >= 15 is 0 Å². The number of sulfonamides is 1. The highest BCUT2D eigenvalue weighted by molar-refractivity contribution is 7.91. The van der Waals surface area contributed by atoms with Gasteiger partial charge < -0.3 is 9.84 Å². The number of anilines is 1. The Labute approximate surface area is 198 Å². The Morgan fingerprint density at radius 2 is 1.94 bits per heavy atom. The Morgan fingerprint density at radius 1 is 1.24 bits per heavy atom. The van der Waals surface area contributed by atoms with Crippen molar-refractivity contribution in [3.63, 3.8) is 0 Å². The first kappa shape index (κ1) is 23.6. The predicted molar refractivity (Wildman–Crippen MR) is 128 cm³/mol. The Morgan fingerprint density at radius 3 is 2.55 bits per heavy atom. The summed E-state index contributed by atoms with van der Waals surface area (Å²) in [6.45, 7) is 6.77. The van der Waals surface area contributed by atoms with Crippen molar-refractivity contribution in [3.8, 4) is 11.4 Å². The number of hydrogen-bond donors (Lipinski definition) is 1. The lowest BCUT2D eigenvalue weighted by molar-refractivity contribution is -0.120. The molecule has 0 unspecified atom stereocenters. The predicted octanol–water partition coefficient (Wildman–Crippen LogP) is 4.52. The number of thiophene rings is 1. The van der Waals surface area contributed by atoms with E-state index in [0.717, 1.165) is 17.0 Å². The molecule has 0 saturated carbocycles. The lowest BCUT2D eigenvalue weighted by Crippen LogP contribution is -2.41. The molecule has 3 aromatic rings. The van der Waals surface area contributed by atoms with Crippen LogP contribution < -0.4 is 5.32 Å². The summed E-state index contributed by atoms with van der Waals surface area (Å²) in [6.07, 6.45) is 1.59. The first-order valence-electron chi connectivity index (χ1n) is 11.1. The van der Waals surface area contributed by atoms with E-state index in [-0.39, 0.29) is 16.0 Å². The Bertz CT molecular complexity index is 1210. The van der Waals surface area contributed by atoms with Gasteiger partial charge in [0.1, 0.15) is 4.21 Å². The smallest absolute Gasteiger partial charge is 0.252 e. The van der Waals surface area contributed by atoms with Crippen molar-refractivity contribution in [2.45, 2.75) is 50.2 Å². The minimum Gasteiger partial charge on any atom is -0.339 e. The van der Waals surface area contributed by atoms with Gasteiger partial charge in [-0.2, -0.15) is 9.29 Å². The second-order valence-corrected chi connectivity index (χ2v) is 11.5. The molecule has 176 valence electrons. The van der Waals surface area contributed by atoms with Gasteiger partial charge in [-0.25, -0.2) is 8.42 Å². The molecular formula is C23H28N4O4S2. The van der Waals surface area contributed by atoms with Crippen LogP contribution in [0, 0.1) is 5.92 Å². The quantitative estimate of drug-likeness (QED) is 0.524. The molecule has 1 aliphatic rings. The third-order valence-corrected chi connectivity index (χ3v) is 9.18. The van der Waals surface area contributed by atoms with Crippen LogP contribution in [0.25, 0.3) is 11.4 Å². The minimum atomic E-state index is -3.63. The molecule has 0 bridgehead atoms. The number of nitrogens with zero attached hydrogens (tertiary/aromatic N) is 3. The lowest BCUT2D eigenvalue weighted by Gasteiger charge is -2.30. The van der Waals surface area contributed by atoms with Gasteiger partial charge in [-0.1, -0.05) is 38.1 Å². The standard InChI is InChI=1S/C23H28N4O4S2/c1-4-20-25-22(26-31-20)18-13-21(32-14-18)33(29,30)27-11-9-17(10-12-27)23(28)24-19-7-5-16(6-8-19)15(2)3/h5-8,13-15,17H,4,9-12H2,1-3H3,(H,24,28). The van der Waals surface area contributed by atoms with E-state index in [0.29, 0.717) is 55.5 Å². The van der Waals surface area contributed by atoms with E-state index in [1.54, 1.807) is 11.4 Å². The van der Waals surface area contributed by atoms with Gasteiger partial charge in [-0.15, -0.1) is 11.3 Å². The fourth-order valence-corrected chi connectivity index (χ4v) is 6.55. The third kappa shape index (κ3) is 5.18. The molecule has 0 radical (unpaired) electrons. The summed E-state index contributed by atoms with van der Waals surface area (Å²) < 4.78 is 33.1. The van der Waals surface area contributed by atoms with Gasteiger partial charge >= 0.3 is 0 Å². The summed E-state index contributed by atoms with van der Waals surface area (Å²) in [7, 11) is -3.63. The van der Waals surface area contributed by atoms with Crippen LogP contribution >= 0.6 is 11.3 Å². The van der Waals surface area contributed by atoms with Crippen LogP contribution in [0.3, 0.4) is 0 Å². The zero-order valence-corrected chi connectivity index (χ0v) is 20.6. The van der Waals surface area contributed by atoms with Crippen molar-refractivity contribution in [2.75, 3.05) is 18.4 Å². The van der Waals surface area contributed by atoms with E-state index < -0.39 is 10.0 Å². The number of rotatable bonds is 7. The molecule has 2 aromatic heterocycles. The number of piperidine rings is 1. The minimum absolute atomic E-state index is 0.0633. The number of hydrogen-bond acceptors (Lipinski definition) is 7. The topological polar surface area (TPSA) is 105 Å². The molecule has 1 saturated heterocycles. The first-order valence-corrected chi connectivity index (χ1v) is 13.4. The second-order valence-electron chi connectivity index (χ2n) is 8.46. The molecule has 33 heavy (non-hydrogen) atoms. The van der Waals surface area contributed by atoms with Crippen molar-refractivity contribution in [1.29, 1.82) is 0 Å². The highest BCUT2D eigenvalue weighted by atomic mass is 32.2. The fourth-order valence-electron chi connectivity index (χ4n) is 3.77. The zero-order valence-electron chi connectivity index (χ0n) is 18.9. The van der Waals surface area contributed by atoms with Crippen LogP contribution in [0.5, 0.6) is 0 Å². The second kappa shape index (κ2) is 9.74. The number of aryl methyl sites for hydroxylation is 1. The average molecular weight is 489 g/mol. The van der Waals surface area contributed by atoms with Crippen molar-refractivity contribution >= 4 is 33.0 Å². The summed E-state index contributed by atoms with van der Waals surface area (Å²) >= 11 is 1.14. The molecule has 0 atom stereocenters. The average Bonchev–Trinajstić information content (AvgIpc) is 3.49. The molecule has 4 rings (SSSR count). The summed E-state index contributed by atoms with van der Waals surface area (Å²) in [5.41, 5.74) is 2.60. The van der Waals surface area contributed by atoms with Crippen LogP contribution in [0.1, 0.15) is 51.0 Å². The molecule has 1 amide bonds. The van der Waals surface area contributed by atoms with Crippen LogP contribution in [0.15, 0.2) is 44.4 Å². The van der Waals surface area contributed by atoms with Gasteiger partial charge in [0.15, 0.2) is 0 Å². The monoisotopic (exact) mass is 488 g/mol. The van der Waals surface area contributed by atoms with Gasteiger partial charge in [0.2, 0.25) is 17.6 Å². The van der Waals surface area contributed by atoms with Crippen molar-refractivity contribution in [1.82, 2.24) is 14.4 Å². The highest BCUT2D eigenvalue weighted by Gasteiger charge is 2.33. The number of carbonyl (C=O) groups excluding carboxylic acids is 1. The fraction of sp³-hybridized carbons (Fsp3) is 0.435. The van der Waals surface area contributed by atoms with E-state index in [2.05, 4.69) is 29.3 Å². The lowest BCUT2D eigenvalue weighted by atomic mass is 9.97. The maximum atomic E-state index is 13.1. The molecule has 1 aromatic carbocycles. The molecule has 8 nitrogen and oxygen atoms in total. The molecule has 0 aliphatic carbocycles. The highest BCUT2D eigenvalue weighted by Crippen LogP contribution is 2.31. The van der Waals surface area contributed by atoms with Crippen LogP contribution in [0.2, 0.25) is 0 Å². The van der Waals surface area contributed by atoms with E-state index in [1.165, 1.54) is 9.87 Å². The maximum absolute atomic E-state index is 13.1. The summed E-state index contributed by atoms with van der Waals surface area (Å²) in [6, 6.07) is 9.44. The van der Waals surface area contributed by atoms with E-state index in [4.69, 9.17) is 4.52 Å². The third-order valence-electron chi connectivity index (χ3n) is 5.87. The van der Waals surface area contributed by atoms with Crippen molar-refractivity contribution in [2.24, 2.45) is 5.92 Å². The normalized spacial score (nSPS) is 15.8. The van der Waals surface area contributed by atoms with Gasteiger partial charge in [-0.3, -0.25) is 4.79 Å². The Balaban J connectivity index is 1.36. The number of amides is 1. The largest absolute Gasteiger partial charge is 0.339 e. The summed E-state index contributed by atoms with van der Waals surface area (Å²) in [5, 5.41) is 8.60. The van der Waals surface area contributed by atoms with Gasteiger partial charge in [0, 0.05) is 42.1 Å². The SMILES string of the molecule is CCc1nc(-c2csc(S(=O)(=O)N3CCC(C(=O)Nc4ccc(C(C)C)cc4)CC3)c2)no1.